The molecule has 0 aliphatic heterocycles. The number of hydrogen-bond acceptors (Lipinski definition) is 2. The molecule has 2 aromatic rings. The first-order chi connectivity index (χ1) is 9.56. The lowest BCUT2D eigenvalue weighted by molar-refractivity contribution is 0.0696. The van der Waals surface area contributed by atoms with Crippen molar-refractivity contribution in [3.63, 3.8) is 0 Å². The third-order valence-electron chi connectivity index (χ3n) is 2.89. The predicted molar refractivity (Wildman–Crippen MR) is 77.9 cm³/mol. The molecule has 0 saturated heterocycles. The third kappa shape index (κ3) is 3.42. The number of allylic oxidation sites excluding steroid dienone is 1. The lowest BCUT2D eigenvalue weighted by atomic mass is 10.1. The maximum absolute atomic E-state index is 12.0. The fourth-order valence-corrected chi connectivity index (χ4v) is 1.80. The van der Waals surface area contributed by atoms with Crippen LogP contribution in [0.3, 0.4) is 0 Å². The number of carboxylic acid groups (broad SMARTS) is 1. The van der Waals surface area contributed by atoms with Crippen molar-refractivity contribution < 1.29 is 14.7 Å². The van der Waals surface area contributed by atoms with Crippen LogP contribution < -0.4 is 0 Å². The van der Waals surface area contributed by atoms with Crippen molar-refractivity contribution in [1.29, 1.82) is 0 Å². The summed E-state index contributed by atoms with van der Waals surface area (Å²) in [5.74, 6) is -1.03. The molecule has 0 amide bonds. The summed E-state index contributed by atoms with van der Waals surface area (Å²) in [6.45, 7) is 1.94. The lowest BCUT2D eigenvalue weighted by Crippen LogP contribution is -1.95. The Labute approximate surface area is 117 Å². The van der Waals surface area contributed by atoms with Crippen molar-refractivity contribution in [3.8, 4) is 0 Å². The Kier molecular flexibility index (Phi) is 4.11. The molecule has 0 radical (unpaired) electrons. The summed E-state index contributed by atoms with van der Waals surface area (Å²) in [6, 6.07) is 13.8. The van der Waals surface area contributed by atoms with Crippen molar-refractivity contribution in [1.82, 2.24) is 0 Å². The molecule has 0 aliphatic rings. The quantitative estimate of drug-likeness (QED) is 0.679. The van der Waals surface area contributed by atoms with Gasteiger partial charge in [0.2, 0.25) is 0 Å². The van der Waals surface area contributed by atoms with Gasteiger partial charge >= 0.3 is 5.97 Å². The van der Waals surface area contributed by atoms with Crippen LogP contribution in [0.25, 0.3) is 6.08 Å². The van der Waals surface area contributed by atoms with Crippen LogP contribution >= 0.6 is 0 Å². The van der Waals surface area contributed by atoms with Crippen LogP contribution in [0.2, 0.25) is 0 Å². The number of rotatable bonds is 4. The van der Waals surface area contributed by atoms with Gasteiger partial charge in [-0.05, 0) is 36.8 Å². The van der Waals surface area contributed by atoms with E-state index in [1.54, 1.807) is 24.3 Å². The van der Waals surface area contributed by atoms with E-state index in [0.717, 1.165) is 11.1 Å². The standard InChI is InChI=1S/C17H14O3/c1-12-3-2-4-15(11-12)16(18)10-7-13-5-8-14(9-6-13)17(19)20/h2-11H,1H3,(H,19,20)/b10-7+. The SMILES string of the molecule is Cc1cccc(C(=O)/C=C/c2ccc(C(=O)O)cc2)c1. The Morgan fingerprint density at radius 3 is 2.30 bits per heavy atom. The Balaban J connectivity index is 2.13. The Hall–Kier alpha value is -2.68. The lowest BCUT2D eigenvalue weighted by Gasteiger charge is -1.98. The highest BCUT2D eigenvalue weighted by molar-refractivity contribution is 6.06. The summed E-state index contributed by atoms with van der Waals surface area (Å²) in [6.07, 6.45) is 3.17. The molecule has 0 fully saturated rings. The van der Waals surface area contributed by atoms with Crippen molar-refractivity contribution in [2.75, 3.05) is 0 Å². The molecule has 0 aliphatic carbocycles. The molecule has 0 bridgehead atoms. The van der Waals surface area contributed by atoms with Crippen molar-refractivity contribution in [2.45, 2.75) is 6.92 Å². The molecule has 3 nitrogen and oxygen atoms in total. The fraction of sp³-hybridized carbons (Fsp3) is 0.0588. The Bertz CT molecular complexity index is 667. The largest absolute Gasteiger partial charge is 0.478 e. The van der Waals surface area contributed by atoms with Crippen LogP contribution in [0.15, 0.2) is 54.6 Å². The van der Waals surface area contributed by atoms with Gasteiger partial charge in [0.15, 0.2) is 5.78 Å². The summed E-state index contributed by atoms with van der Waals surface area (Å²) >= 11 is 0. The van der Waals surface area contributed by atoms with Gasteiger partial charge in [0.05, 0.1) is 5.56 Å². The molecule has 2 aromatic carbocycles. The number of carbonyl (C=O) groups is 2. The topological polar surface area (TPSA) is 54.4 Å². The molecule has 2 rings (SSSR count). The van der Waals surface area contributed by atoms with Crippen LogP contribution in [-0.2, 0) is 0 Å². The van der Waals surface area contributed by atoms with Crippen LogP contribution in [0.4, 0.5) is 0 Å². The molecule has 0 saturated carbocycles. The highest BCUT2D eigenvalue weighted by Crippen LogP contribution is 2.09. The van der Waals surface area contributed by atoms with Gasteiger partial charge in [-0.1, -0.05) is 42.0 Å². The number of aromatic carboxylic acids is 1. The first-order valence-corrected chi connectivity index (χ1v) is 6.19. The number of ketones is 1. The number of aryl methyl sites for hydroxylation is 1. The van der Waals surface area contributed by atoms with E-state index in [-0.39, 0.29) is 11.3 Å². The zero-order valence-electron chi connectivity index (χ0n) is 11.0. The second kappa shape index (κ2) is 5.97. The second-order valence-corrected chi connectivity index (χ2v) is 4.49. The minimum atomic E-state index is -0.962. The first-order valence-electron chi connectivity index (χ1n) is 6.19. The zero-order chi connectivity index (χ0) is 14.5. The molecule has 0 heterocycles. The van der Waals surface area contributed by atoms with Gasteiger partial charge in [-0.3, -0.25) is 4.79 Å². The van der Waals surface area contributed by atoms with E-state index in [1.165, 1.54) is 18.2 Å². The van der Waals surface area contributed by atoms with Gasteiger partial charge in [-0.2, -0.15) is 0 Å². The molecular formula is C17H14O3. The molecular weight excluding hydrogens is 252 g/mol. The molecule has 0 unspecified atom stereocenters. The van der Waals surface area contributed by atoms with E-state index in [1.807, 2.05) is 25.1 Å². The summed E-state index contributed by atoms with van der Waals surface area (Å²) in [4.78, 5) is 22.7. The van der Waals surface area contributed by atoms with Crippen LogP contribution in [-0.4, -0.2) is 16.9 Å². The summed E-state index contributed by atoms with van der Waals surface area (Å²) in [5, 5.41) is 8.80. The normalized spacial score (nSPS) is 10.7. The van der Waals surface area contributed by atoms with Crippen molar-refractivity contribution in [3.05, 3.63) is 76.9 Å². The minimum absolute atomic E-state index is 0.0731. The molecule has 1 N–H and O–H groups in total. The van der Waals surface area contributed by atoms with E-state index in [4.69, 9.17) is 5.11 Å². The predicted octanol–water partition coefficient (Wildman–Crippen LogP) is 3.59. The zero-order valence-corrected chi connectivity index (χ0v) is 11.0. The van der Waals surface area contributed by atoms with Crippen molar-refractivity contribution >= 4 is 17.8 Å². The fourth-order valence-electron chi connectivity index (χ4n) is 1.80. The van der Waals surface area contributed by atoms with Crippen LogP contribution in [0.5, 0.6) is 0 Å². The Morgan fingerprint density at radius 1 is 1.00 bits per heavy atom. The minimum Gasteiger partial charge on any atom is -0.478 e. The second-order valence-electron chi connectivity index (χ2n) is 4.49. The molecule has 0 atom stereocenters. The molecule has 100 valence electrons. The van der Waals surface area contributed by atoms with Crippen LogP contribution in [0, 0.1) is 6.92 Å². The van der Waals surface area contributed by atoms with E-state index < -0.39 is 5.97 Å². The van der Waals surface area contributed by atoms with Gasteiger partial charge in [-0.25, -0.2) is 4.79 Å². The maximum atomic E-state index is 12.0. The van der Waals surface area contributed by atoms with E-state index >= 15 is 0 Å². The molecule has 3 heteroatoms. The monoisotopic (exact) mass is 266 g/mol. The van der Waals surface area contributed by atoms with Gasteiger partial charge in [0, 0.05) is 5.56 Å². The molecule has 0 spiro atoms. The van der Waals surface area contributed by atoms with Gasteiger partial charge in [0.25, 0.3) is 0 Å². The summed E-state index contributed by atoms with van der Waals surface area (Å²) in [7, 11) is 0. The van der Waals surface area contributed by atoms with Gasteiger partial charge in [0.1, 0.15) is 0 Å². The van der Waals surface area contributed by atoms with E-state index in [2.05, 4.69) is 0 Å². The van der Waals surface area contributed by atoms with E-state index in [9.17, 15) is 9.59 Å². The summed E-state index contributed by atoms with van der Waals surface area (Å²) < 4.78 is 0. The highest BCUT2D eigenvalue weighted by Gasteiger charge is 2.02. The average Bonchev–Trinajstić information content (AvgIpc) is 2.45. The maximum Gasteiger partial charge on any atom is 0.335 e. The van der Waals surface area contributed by atoms with Crippen LogP contribution in [0.1, 0.15) is 31.8 Å². The number of benzene rings is 2. The third-order valence-corrected chi connectivity index (χ3v) is 2.89. The van der Waals surface area contributed by atoms with Crippen molar-refractivity contribution in [2.24, 2.45) is 0 Å². The first kappa shape index (κ1) is 13.7. The average molecular weight is 266 g/mol. The smallest absolute Gasteiger partial charge is 0.335 e. The molecule has 0 aromatic heterocycles. The Morgan fingerprint density at radius 2 is 1.70 bits per heavy atom. The number of carbonyl (C=O) groups excluding carboxylic acids is 1. The summed E-state index contributed by atoms with van der Waals surface area (Å²) in [5.41, 5.74) is 2.70. The van der Waals surface area contributed by atoms with Gasteiger partial charge < -0.3 is 5.11 Å². The number of hydrogen-bond donors (Lipinski definition) is 1. The van der Waals surface area contributed by atoms with Gasteiger partial charge in [-0.15, -0.1) is 0 Å². The molecule has 20 heavy (non-hydrogen) atoms. The van der Waals surface area contributed by atoms with E-state index in [0.29, 0.717) is 5.56 Å². The number of carboxylic acids is 1. The highest BCUT2D eigenvalue weighted by atomic mass is 16.4.